The van der Waals surface area contributed by atoms with E-state index in [1.165, 1.54) is 0 Å². The molecule has 1 rings (SSSR count). The van der Waals surface area contributed by atoms with Gasteiger partial charge in [0.05, 0.1) is 6.42 Å². The van der Waals surface area contributed by atoms with Gasteiger partial charge in [-0.15, -0.1) is 0 Å². The Morgan fingerprint density at radius 2 is 2.10 bits per heavy atom. The molecule has 0 radical (unpaired) electrons. The first-order valence-corrected chi connectivity index (χ1v) is 7.04. The number of amides is 3. The van der Waals surface area contributed by atoms with Gasteiger partial charge in [0.25, 0.3) is 0 Å². The fraction of sp³-hybridized carbons (Fsp3) is 0.769. The first-order valence-electron chi connectivity index (χ1n) is 7.04. The second kappa shape index (κ2) is 7.72. The summed E-state index contributed by atoms with van der Waals surface area (Å²) in [4.78, 5) is 35.7. The molecular formula is C13H23N3O4. The second-order valence-corrected chi connectivity index (χ2v) is 5.14. The maximum Gasteiger partial charge on any atom is 0.326 e. The summed E-state index contributed by atoms with van der Waals surface area (Å²) in [6.07, 6.45) is 4.42. The Hall–Kier alpha value is -1.79. The highest BCUT2D eigenvalue weighted by Gasteiger charge is 2.29. The third-order valence-corrected chi connectivity index (χ3v) is 3.51. The number of hydrogen-bond acceptors (Lipinski definition) is 3. The minimum atomic E-state index is -1.26. The summed E-state index contributed by atoms with van der Waals surface area (Å²) in [6.45, 7) is 2.68. The van der Waals surface area contributed by atoms with Crippen LogP contribution in [0.2, 0.25) is 0 Å². The SMILES string of the molecule is CCCC1CCCCN1C(=O)N[C@@H](CC(N)=O)C(=O)O. The Labute approximate surface area is 118 Å². The van der Waals surface area contributed by atoms with Crippen LogP contribution >= 0.6 is 0 Å². The van der Waals surface area contributed by atoms with E-state index in [1.807, 2.05) is 0 Å². The van der Waals surface area contributed by atoms with Crippen LogP contribution in [0.15, 0.2) is 0 Å². The predicted molar refractivity (Wildman–Crippen MR) is 73.0 cm³/mol. The number of primary amides is 1. The number of nitrogens with zero attached hydrogens (tertiary/aromatic N) is 1. The number of carbonyl (C=O) groups excluding carboxylic acids is 2. The van der Waals surface area contributed by atoms with Crippen LogP contribution in [0.1, 0.15) is 45.4 Å². The highest BCUT2D eigenvalue weighted by molar-refractivity contribution is 5.87. The molecule has 20 heavy (non-hydrogen) atoms. The molecule has 0 aromatic carbocycles. The second-order valence-electron chi connectivity index (χ2n) is 5.14. The zero-order chi connectivity index (χ0) is 15.1. The number of urea groups is 1. The topological polar surface area (TPSA) is 113 Å². The summed E-state index contributed by atoms with van der Waals surface area (Å²) in [7, 11) is 0. The molecule has 0 aliphatic carbocycles. The van der Waals surface area contributed by atoms with Crippen molar-refractivity contribution in [1.29, 1.82) is 0 Å². The molecule has 7 nitrogen and oxygen atoms in total. The van der Waals surface area contributed by atoms with Crippen molar-refractivity contribution in [2.45, 2.75) is 57.5 Å². The van der Waals surface area contributed by atoms with Crippen molar-refractivity contribution in [2.24, 2.45) is 5.73 Å². The number of carboxylic acids is 1. The van der Waals surface area contributed by atoms with Gasteiger partial charge < -0.3 is 21.1 Å². The Bertz CT molecular complexity index is 371. The summed E-state index contributed by atoms with van der Waals surface area (Å²) in [5.41, 5.74) is 4.99. The molecule has 1 saturated heterocycles. The summed E-state index contributed by atoms with van der Waals surface area (Å²) in [5.74, 6) is -2.00. The lowest BCUT2D eigenvalue weighted by Gasteiger charge is -2.36. The Morgan fingerprint density at radius 1 is 1.40 bits per heavy atom. The Morgan fingerprint density at radius 3 is 2.65 bits per heavy atom. The third-order valence-electron chi connectivity index (χ3n) is 3.51. The molecule has 0 saturated carbocycles. The van der Waals surface area contributed by atoms with Gasteiger partial charge in [0.1, 0.15) is 6.04 Å². The normalized spacial score (nSPS) is 20.2. The van der Waals surface area contributed by atoms with Gasteiger partial charge in [-0.05, 0) is 25.7 Å². The van der Waals surface area contributed by atoms with E-state index in [1.54, 1.807) is 4.90 Å². The molecule has 2 atom stereocenters. The Kier molecular flexibility index (Phi) is 6.27. The van der Waals surface area contributed by atoms with Crippen molar-refractivity contribution in [3.05, 3.63) is 0 Å². The fourth-order valence-electron chi connectivity index (χ4n) is 2.53. The summed E-state index contributed by atoms with van der Waals surface area (Å²) < 4.78 is 0. The van der Waals surface area contributed by atoms with Gasteiger partial charge in [0.15, 0.2) is 0 Å². The van der Waals surface area contributed by atoms with E-state index in [9.17, 15) is 14.4 Å². The van der Waals surface area contributed by atoms with Crippen LogP contribution in [0, 0.1) is 0 Å². The first kappa shape index (κ1) is 16.3. The highest BCUT2D eigenvalue weighted by atomic mass is 16.4. The quantitative estimate of drug-likeness (QED) is 0.666. The number of piperidine rings is 1. The summed E-state index contributed by atoms with van der Waals surface area (Å²) in [5, 5.41) is 11.4. The average Bonchev–Trinajstić information content (AvgIpc) is 2.38. The van der Waals surface area contributed by atoms with Gasteiger partial charge in [-0.3, -0.25) is 4.79 Å². The zero-order valence-electron chi connectivity index (χ0n) is 11.8. The molecular weight excluding hydrogens is 262 g/mol. The number of nitrogens with two attached hydrogens (primary N) is 1. The van der Waals surface area contributed by atoms with Crippen molar-refractivity contribution in [2.75, 3.05) is 6.54 Å². The third kappa shape index (κ3) is 4.71. The summed E-state index contributed by atoms with van der Waals surface area (Å²) in [6, 6.07) is -1.53. The average molecular weight is 285 g/mol. The first-order chi connectivity index (χ1) is 9.45. The molecule has 7 heteroatoms. The lowest BCUT2D eigenvalue weighted by atomic mass is 9.98. The Balaban J connectivity index is 2.65. The molecule has 0 bridgehead atoms. The molecule has 114 valence electrons. The number of hydrogen-bond donors (Lipinski definition) is 3. The number of rotatable bonds is 6. The highest BCUT2D eigenvalue weighted by Crippen LogP contribution is 2.20. The van der Waals surface area contributed by atoms with Gasteiger partial charge in [-0.1, -0.05) is 13.3 Å². The molecule has 1 unspecified atom stereocenters. The van der Waals surface area contributed by atoms with Gasteiger partial charge in [-0.2, -0.15) is 0 Å². The van der Waals surface area contributed by atoms with Crippen LogP contribution in [0.4, 0.5) is 4.79 Å². The van der Waals surface area contributed by atoms with E-state index < -0.39 is 30.4 Å². The van der Waals surface area contributed by atoms with E-state index in [0.29, 0.717) is 6.54 Å². The molecule has 0 aromatic rings. The minimum absolute atomic E-state index is 0.150. The maximum atomic E-state index is 12.2. The van der Waals surface area contributed by atoms with E-state index >= 15 is 0 Å². The molecule has 1 heterocycles. The predicted octanol–water partition coefficient (Wildman–Crippen LogP) is 0.679. The van der Waals surface area contributed by atoms with Crippen molar-refractivity contribution < 1.29 is 19.5 Å². The number of carbonyl (C=O) groups is 3. The van der Waals surface area contributed by atoms with Crippen molar-refractivity contribution in [3.8, 4) is 0 Å². The monoisotopic (exact) mass is 285 g/mol. The molecule has 0 spiro atoms. The van der Waals surface area contributed by atoms with Crippen LogP contribution < -0.4 is 11.1 Å². The van der Waals surface area contributed by atoms with Crippen molar-refractivity contribution in [3.63, 3.8) is 0 Å². The fourth-order valence-corrected chi connectivity index (χ4v) is 2.53. The smallest absolute Gasteiger partial charge is 0.326 e. The van der Waals surface area contributed by atoms with E-state index in [-0.39, 0.29) is 6.04 Å². The van der Waals surface area contributed by atoms with Crippen LogP contribution in [-0.4, -0.2) is 46.5 Å². The van der Waals surface area contributed by atoms with Crippen LogP contribution in [0.5, 0.6) is 0 Å². The molecule has 1 fully saturated rings. The van der Waals surface area contributed by atoms with Crippen LogP contribution in [0.25, 0.3) is 0 Å². The number of likely N-dealkylation sites (tertiary alicyclic amines) is 1. The number of aliphatic carboxylic acids is 1. The van der Waals surface area contributed by atoms with E-state index in [4.69, 9.17) is 10.8 Å². The standard InChI is InChI=1S/C13H23N3O4/c1-2-5-9-6-3-4-7-16(9)13(20)15-10(12(18)19)8-11(14)17/h9-10H,2-8H2,1H3,(H2,14,17)(H,15,20)(H,18,19)/t9?,10-/m0/s1. The van der Waals surface area contributed by atoms with Crippen LogP contribution in [0.3, 0.4) is 0 Å². The van der Waals surface area contributed by atoms with E-state index in [2.05, 4.69) is 12.2 Å². The lowest BCUT2D eigenvalue weighted by molar-refractivity contribution is -0.141. The molecule has 1 aliphatic heterocycles. The van der Waals surface area contributed by atoms with Crippen molar-refractivity contribution in [1.82, 2.24) is 10.2 Å². The van der Waals surface area contributed by atoms with Crippen molar-refractivity contribution >= 4 is 17.9 Å². The molecule has 4 N–H and O–H groups in total. The minimum Gasteiger partial charge on any atom is -0.480 e. The van der Waals surface area contributed by atoms with Gasteiger partial charge in [0, 0.05) is 12.6 Å². The summed E-state index contributed by atoms with van der Waals surface area (Å²) >= 11 is 0. The van der Waals surface area contributed by atoms with Gasteiger partial charge in [0.2, 0.25) is 5.91 Å². The molecule has 1 aliphatic rings. The number of nitrogens with one attached hydrogen (secondary N) is 1. The zero-order valence-corrected chi connectivity index (χ0v) is 11.8. The van der Waals surface area contributed by atoms with Crippen LogP contribution in [-0.2, 0) is 9.59 Å². The number of carboxylic acid groups (broad SMARTS) is 1. The van der Waals surface area contributed by atoms with Gasteiger partial charge in [-0.25, -0.2) is 9.59 Å². The largest absolute Gasteiger partial charge is 0.480 e. The van der Waals surface area contributed by atoms with Gasteiger partial charge >= 0.3 is 12.0 Å². The maximum absolute atomic E-state index is 12.2. The lowest BCUT2D eigenvalue weighted by Crippen LogP contribution is -2.53. The van der Waals surface area contributed by atoms with E-state index in [0.717, 1.165) is 32.1 Å². The molecule has 3 amide bonds. The molecule has 0 aromatic heterocycles.